The van der Waals surface area contributed by atoms with Gasteiger partial charge in [0.1, 0.15) is 11.9 Å². The lowest BCUT2D eigenvalue weighted by atomic mass is 10.2. The molecule has 0 radical (unpaired) electrons. The molecule has 3 N–H and O–H groups in total. The van der Waals surface area contributed by atoms with E-state index in [1.54, 1.807) is 0 Å². The quantitative estimate of drug-likeness (QED) is 0.440. The highest BCUT2D eigenvalue weighted by atomic mass is 35.5. The van der Waals surface area contributed by atoms with Crippen molar-refractivity contribution in [3.63, 3.8) is 0 Å². The molecular weight excluding hydrogens is 274 g/mol. The molecule has 1 atom stereocenters. The van der Waals surface area contributed by atoms with E-state index in [0.717, 1.165) is 25.8 Å². The number of hydrogen-bond donors (Lipinski definition) is 2. The van der Waals surface area contributed by atoms with Crippen LogP contribution in [-0.2, 0) is 0 Å². The molecule has 1 unspecified atom stereocenters. The molecule has 0 saturated carbocycles. The first-order valence-electron chi connectivity index (χ1n) is 7.12. The lowest BCUT2D eigenvalue weighted by molar-refractivity contribution is 0.206. The summed E-state index contributed by atoms with van der Waals surface area (Å²) in [6.45, 7) is 5.57. The fourth-order valence-corrected chi connectivity index (χ4v) is 1.80. The van der Waals surface area contributed by atoms with E-state index in [4.69, 9.17) is 22.1 Å². The average molecular weight is 298 g/mol. The molecule has 0 saturated heterocycles. The Bertz CT molecular complexity index is 423. The topological polar surface area (TPSA) is 59.6 Å². The van der Waals surface area contributed by atoms with E-state index in [2.05, 4.69) is 24.2 Å². The predicted octanol–water partition coefficient (Wildman–Crippen LogP) is 3.20. The first-order valence-corrected chi connectivity index (χ1v) is 7.50. The molecule has 4 nitrogen and oxygen atoms in total. The number of nitrogens with one attached hydrogen (secondary N) is 1. The molecule has 112 valence electrons. The number of para-hydroxylation sites is 1. The highest BCUT2D eigenvalue weighted by molar-refractivity contribution is 6.32. The Hall–Kier alpha value is -1.42. The number of rotatable bonds is 8. The van der Waals surface area contributed by atoms with E-state index in [0.29, 0.717) is 23.3 Å². The SMILES string of the molecule is CCCCNC(N)=NCC(CC)Oc1ccccc1Cl. The number of unbranched alkanes of at least 4 members (excludes halogenated alkanes) is 1. The van der Waals surface area contributed by atoms with Crippen LogP contribution < -0.4 is 15.8 Å². The van der Waals surface area contributed by atoms with Gasteiger partial charge in [-0.25, -0.2) is 4.99 Å². The maximum absolute atomic E-state index is 6.07. The summed E-state index contributed by atoms with van der Waals surface area (Å²) in [5.74, 6) is 1.16. The Morgan fingerprint density at radius 2 is 2.15 bits per heavy atom. The summed E-state index contributed by atoms with van der Waals surface area (Å²) in [6, 6.07) is 7.45. The smallest absolute Gasteiger partial charge is 0.188 e. The van der Waals surface area contributed by atoms with Gasteiger partial charge in [-0.1, -0.05) is 44.0 Å². The van der Waals surface area contributed by atoms with Crippen LogP contribution >= 0.6 is 11.6 Å². The Labute approximate surface area is 126 Å². The molecule has 1 rings (SSSR count). The van der Waals surface area contributed by atoms with E-state index in [1.807, 2.05) is 24.3 Å². The van der Waals surface area contributed by atoms with Gasteiger partial charge in [0, 0.05) is 6.54 Å². The fraction of sp³-hybridized carbons (Fsp3) is 0.533. The Balaban J connectivity index is 2.47. The van der Waals surface area contributed by atoms with Crippen LogP contribution in [0.25, 0.3) is 0 Å². The van der Waals surface area contributed by atoms with Crippen LogP contribution in [0.15, 0.2) is 29.3 Å². The van der Waals surface area contributed by atoms with Crippen molar-refractivity contribution in [3.8, 4) is 5.75 Å². The summed E-state index contributed by atoms with van der Waals surface area (Å²) >= 11 is 6.07. The van der Waals surface area contributed by atoms with Gasteiger partial charge in [0.25, 0.3) is 0 Å². The normalized spacial score (nSPS) is 13.1. The average Bonchev–Trinajstić information content (AvgIpc) is 2.45. The minimum absolute atomic E-state index is 0.0265. The van der Waals surface area contributed by atoms with Gasteiger partial charge >= 0.3 is 0 Å². The number of hydrogen-bond acceptors (Lipinski definition) is 2. The molecule has 0 aliphatic carbocycles. The third kappa shape index (κ3) is 6.15. The van der Waals surface area contributed by atoms with Crippen molar-refractivity contribution in [1.82, 2.24) is 5.32 Å². The van der Waals surface area contributed by atoms with Crippen LogP contribution in [-0.4, -0.2) is 25.2 Å². The third-order valence-electron chi connectivity index (χ3n) is 2.89. The van der Waals surface area contributed by atoms with Crippen LogP contribution in [0, 0.1) is 0 Å². The summed E-state index contributed by atoms with van der Waals surface area (Å²) < 4.78 is 5.85. The van der Waals surface area contributed by atoms with Crippen LogP contribution in [0.2, 0.25) is 5.02 Å². The van der Waals surface area contributed by atoms with E-state index >= 15 is 0 Å². The predicted molar refractivity (Wildman–Crippen MR) is 85.6 cm³/mol. The van der Waals surface area contributed by atoms with Gasteiger partial charge in [0.05, 0.1) is 11.6 Å². The first-order chi connectivity index (χ1) is 9.67. The summed E-state index contributed by atoms with van der Waals surface area (Å²) in [4.78, 5) is 4.31. The second-order valence-corrected chi connectivity index (χ2v) is 4.99. The van der Waals surface area contributed by atoms with Crippen LogP contribution in [0.5, 0.6) is 5.75 Å². The van der Waals surface area contributed by atoms with Crippen molar-refractivity contribution in [3.05, 3.63) is 29.3 Å². The Kier molecular flexibility index (Phi) is 7.88. The van der Waals surface area contributed by atoms with E-state index in [1.165, 1.54) is 0 Å². The minimum atomic E-state index is -0.0265. The lowest BCUT2D eigenvalue weighted by Gasteiger charge is -2.17. The van der Waals surface area contributed by atoms with Crippen LogP contribution in [0.1, 0.15) is 33.1 Å². The van der Waals surface area contributed by atoms with Crippen molar-refractivity contribution in [2.45, 2.75) is 39.2 Å². The number of guanidine groups is 1. The van der Waals surface area contributed by atoms with Crippen LogP contribution in [0.4, 0.5) is 0 Å². The van der Waals surface area contributed by atoms with Crippen molar-refractivity contribution in [2.24, 2.45) is 10.7 Å². The summed E-state index contributed by atoms with van der Waals surface area (Å²) in [5, 5.41) is 3.70. The lowest BCUT2D eigenvalue weighted by Crippen LogP contribution is -2.33. The summed E-state index contributed by atoms with van der Waals surface area (Å²) in [5.41, 5.74) is 5.80. The highest BCUT2D eigenvalue weighted by Gasteiger charge is 2.09. The molecule has 0 aromatic heterocycles. The standard InChI is InChI=1S/C15H24ClN3O/c1-3-5-10-18-15(17)19-11-12(4-2)20-14-9-7-6-8-13(14)16/h6-9,12H,3-5,10-11H2,1-2H3,(H3,17,18,19). The Morgan fingerprint density at radius 1 is 1.40 bits per heavy atom. The van der Waals surface area contributed by atoms with E-state index in [-0.39, 0.29) is 6.10 Å². The minimum Gasteiger partial charge on any atom is -0.487 e. The van der Waals surface area contributed by atoms with Gasteiger partial charge in [-0.05, 0) is 25.0 Å². The number of ether oxygens (including phenoxy) is 1. The second-order valence-electron chi connectivity index (χ2n) is 4.58. The van der Waals surface area contributed by atoms with Gasteiger partial charge in [-0.2, -0.15) is 0 Å². The van der Waals surface area contributed by atoms with E-state index < -0.39 is 0 Å². The molecule has 0 bridgehead atoms. The molecule has 1 aromatic carbocycles. The molecule has 0 spiro atoms. The number of nitrogens with two attached hydrogens (primary N) is 1. The zero-order chi connectivity index (χ0) is 14.8. The fourth-order valence-electron chi connectivity index (χ4n) is 1.62. The third-order valence-corrected chi connectivity index (χ3v) is 3.20. The number of aliphatic imine (C=N–C) groups is 1. The molecular formula is C15H24ClN3O. The van der Waals surface area contributed by atoms with Crippen LogP contribution in [0.3, 0.4) is 0 Å². The van der Waals surface area contributed by atoms with Crippen molar-refractivity contribution < 1.29 is 4.74 Å². The van der Waals surface area contributed by atoms with E-state index in [9.17, 15) is 0 Å². The second kappa shape index (κ2) is 9.48. The summed E-state index contributed by atoms with van der Waals surface area (Å²) in [7, 11) is 0. The largest absolute Gasteiger partial charge is 0.487 e. The molecule has 0 aliphatic heterocycles. The Morgan fingerprint density at radius 3 is 2.80 bits per heavy atom. The number of benzene rings is 1. The zero-order valence-corrected chi connectivity index (χ0v) is 13.0. The van der Waals surface area contributed by atoms with Crippen molar-refractivity contribution in [1.29, 1.82) is 0 Å². The molecule has 0 fully saturated rings. The van der Waals surface area contributed by atoms with Gasteiger partial charge in [0.15, 0.2) is 5.96 Å². The van der Waals surface area contributed by atoms with Crippen molar-refractivity contribution >= 4 is 17.6 Å². The zero-order valence-electron chi connectivity index (χ0n) is 12.2. The van der Waals surface area contributed by atoms with Gasteiger partial charge in [-0.15, -0.1) is 0 Å². The maximum Gasteiger partial charge on any atom is 0.188 e. The number of nitrogens with zero attached hydrogens (tertiary/aromatic N) is 1. The first kappa shape index (κ1) is 16.6. The van der Waals surface area contributed by atoms with Gasteiger partial charge in [0.2, 0.25) is 0 Å². The maximum atomic E-state index is 6.07. The molecule has 0 aliphatic rings. The molecule has 5 heteroatoms. The van der Waals surface area contributed by atoms with Gasteiger partial charge in [-0.3, -0.25) is 0 Å². The molecule has 20 heavy (non-hydrogen) atoms. The molecule has 0 heterocycles. The molecule has 1 aromatic rings. The highest BCUT2D eigenvalue weighted by Crippen LogP contribution is 2.24. The molecule has 0 amide bonds. The van der Waals surface area contributed by atoms with Gasteiger partial charge < -0.3 is 15.8 Å². The van der Waals surface area contributed by atoms with Crippen molar-refractivity contribution in [2.75, 3.05) is 13.1 Å². The number of halogens is 1. The summed E-state index contributed by atoms with van der Waals surface area (Å²) in [6.07, 6.45) is 3.04. The monoisotopic (exact) mass is 297 g/mol.